The first-order valence-electron chi connectivity index (χ1n) is 4.86. The first-order valence-corrected chi connectivity index (χ1v) is 11.8. The van der Waals surface area contributed by atoms with Gasteiger partial charge in [-0.3, -0.25) is 8.78 Å². The Hall–Kier alpha value is -0.0166. The molecule has 5 heteroatoms. The van der Waals surface area contributed by atoms with Crippen LogP contribution in [0, 0.1) is 23.6 Å². The molecular weight excluding hydrogens is 331 g/mol. The zero-order valence-electron chi connectivity index (χ0n) is 9.40. The summed E-state index contributed by atoms with van der Waals surface area (Å²) in [6, 6.07) is 4.26. The van der Waals surface area contributed by atoms with Crippen molar-refractivity contribution in [1.82, 2.24) is 0 Å². The number of benzene rings is 1. The molecule has 0 heterocycles. The summed E-state index contributed by atoms with van der Waals surface area (Å²) < 4.78 is 30.6. The molecule has 0 saturated carbocycles. The minimum atomic E-state index is -0.700. The molecule has 16 heavy (non-hydrogen) atoms. The fraction of sp³-hybridized carbons (Fsp3) is 0.455. The normalized spacial score (nSPS) is 9.75. The Bertz CT molecular complexity index is 308. The molecule has 1 aromatic rings. The van der Waals surface area contributed by atoms with Crippen LogP contribution < -0.4 is 4.74 Å². The van der Waals surface area contributed by atoms with Gasteiger partial charge >= 0.3 is 30.0 Å². The van der Waals surface area contributed by atoms with E-state index in [2.05, 4.69) is 19.7 Å². The van der Waals surface area contributed by atoms with E-state index in [9.17, 15) is 8.78 Å². The molecule has 0 fully saturated rings. The van der Waals surface area contributed by atoms with Crippen molar-refractivity contribution >= 4 is 13.6 Å². The van der Waals surface area contributed by atoms with Gasteiger partial charge in [0.05, 0.1) is 12.4 Å². The van der Waals surface area contributed by atoms with Crippen LogP contribution in [0.5, 0.6) is 5.75 Å². The van der Waals surface area contributed by atoms with Crippen LogP contribution in [0.3, 0.4) is 0 Å². The molecule has 0 amide bonds. The van der Waals surface area contributed by atoms with Crippen LogP contribution >= 0.6 is 13.6 Å². The maximum atomic E-state index is 13.0. The third kappa shape index (κ3) is 6.54. The molecule has 0 aliphatic carbocycles. The van der Waals surface area contributed by atoms with E-state index in [0.717, 1.165) is 18.6 Å². The third-order valence-corrected chi connectivity index (χ3v) is 1.76. The van der Waals surface area contributed by atoms with Crippen LogP contribution in [0.2, 0.25) is 0 Å². The summed E-state index contributed by atoms with van der Waals surface area (Å²) >= 11 is 4.25. The van der Waals surface area contributed by atoms with E-state index in [-0.39, 0.29) is 5.75 Å². The van der Waals surface area contributed by atoms with Crippen LogP contribution in [0.1, 0.15) is 20.3 Å². The van der Waals surface area contributed by atoms with Gasteiger partial charge in [-0.15, -0.1) is 12.1 Å². The van der Waals surface area contributed by atoms with Crippen LogP contribution in [0.15, 0.2) is 12.1 Å². The molecule has 1 aromatic carbocycles. The third-order valence-electron chi connectivity index (χ3n) is 1.76. The molecule has 0 aromatic heterocycles. The quantitative estimate of drug-likeness (QED) is 0.592. The number of halogens is 3. The SMILES string of the molecule is CC(C)CCOc1[c-]cc(F)cc1F.[Zn+][Br]. The van der Waals surface area contributed by atoms with Gasteiger partial charge < -0.3 is 4.74 Å². The average molecular weight is 345 g/mol. The fourth-order valence-corrected chi connectivity index (χ4v) is 0.939. The predicted octanol–water partition coefficient (Wildman–Crippen LogP) is 4.03. The number of rotatable bonds is 4. The predicted molar refractivity (Wildman–Crippen MR) is 59.1 cm³/mol. The van der Waals surface area contributed by atoms with Crippen molar-refractivity contribution in [2.24, 2.45) is 5.92 Å². The summed E-state index contributed by atoms with van der Waals surface area (Å²) in [5.74, 6) is -0.849. The van der Waals surface area contributed by atoms with Crippen molar-refractivity contribution in [1.29, 1.82) is 0 Å². The Morgan fingerprint density at radius 2 is 2.06 bits per heavy atom. The van der Waals surface area contributed by atoms with Crippen molar-refractivity contribution in [3.8, 4) is 5.75 Å². The number of ether oxygens (including phenoxy) is 1. The molecular formula is C11H13BrF2OZn. The summed E-state index contributed by atoms with van der Waals surface area (Å²) in [4.78, 5) is 0. The molecule has 0 unspecified atom stereocenters. The van der Waals surface area contributed by atoms with Crippen molar-refractivity contribution in [3.63, 3.8) is 0 Å². The molecule has 0 aliphatic rings. The van der Waals surface area contributed by atoms with Crippen LogP contribution in [-0.2, 0) is 16.3 Å². The van der Waals surface area contributed by atoms with Crippen LogP contribution in [0.4, 0.5) is 8.78 Å². The van der Waals surface area contributed by atoms with Gasteiger partial charge in [0.25, 0.3) is 0 Å². The first kappa shape index (κ1) is 16.0. The summed E-state index contributed by atoms with van der Waals surface area (Å²) in [6.45, 7) is 4.53. The Kier molecular flexibility index (Phi) is 9.05. The molecule has 0 saturated heterocycles. The summed E-state index contributed by atoms with van der Waals surface area (Å²) in [5.41, 5.74) is 0. The first-order chi connectivity index (χ1) is 7.59. The Balaban J connectivity index is 0.00000106. The summed E-state index contributed by atoms with van der Waals surface area (Å²) in [7, 11) is 0. The number of hydrogen-bond acceptors (Lipinski definition) is 1. The molecule has 0 radical (unpaired) electrons. The topological polar surface area (TPSA) is 9.23 Å². The Morgan fingerprint density at radius 3 is 2.56 bits per heavy atom. The minimum absolute atomic E-state index is 0.00736. The second-order valence-corrected chi connectivity index (χ2v) is 3.53. The summed E-state index contributed by atoms with van der Waals surface area (Å²) in [6.07, 6.45) is 0.838. The molecule has 0 spiro atoms. The average Bonchev–Trinajstić information content (AvgIpc) is 2.24. The number of hydrogen-bond donors (Lipinski definition) is 0. The standard InChI is InChI=1S/C11H13F2O.BrH.Zn/c1-8(2)5-6-14-11-4-3-9(12)7-10(11)13;;/h3,7-8H,5-6H2,1-2H3;1H;/q-1;;+2/p-1. The zero-order valence-corrected chi connectivity index (χ0v) is 13.9. The van der Waals surface area contributed by atoms with Gasteiger partial charge in [-0.05, 0) is 12.3 Å². The Labute approximate surface area is 112 Å². The van der Waals surface area contributed by atoms with Gasteiger partial charge in [0.1, 0.15) is 0 Å². The van der Waals surface area contributed by atoms with Crippen molar-refractivity contribution in [2.75, 3.05) is 6.61 Å². The van der Waals surface area contributed by atoms with Crippen molar-refractivity contribution < 1.29 is 29.9 Å². The van der Waals surface area contributed by atoms with Crippen molar-refractivity contribution in [2.45, 2.75) is 20.3 Å². The van der Waals surface area contributed by atoms with E-state index in [0.29, 0.717) is 12.5 Å². The van der Waals surface area contributed by atoms with Crippen LogP contribution in [0.25, 0.3) is 0 Å². The van der Waals surface area contributed by atoms with E-state index in [1.165, 1.54) is 16.3 Å². The second-order valence-electron chi connectivity index (χ2n) is 3.53. The Morgan fingerprint density at radius 1 is 1.44 bits per heavy atom. The molecule has 86 valence electrons. The van der Waals surface area contributed by atoms with Gasteiger partial charge in [-0.1, -0.05) is 19.9 Å². The van der Waals surface area contributed by atoms with Gasteiger partial charge in [-0.25, -0.2) is 0 Å². The van der Waals surface area contributed by atoms with E-state index in [1.54, 1.807) is 0 Å². The van der Waals surface area contributed by atoms with Gasteiger partial charge in [0, 0.05) is 11.6 Å². The van der Waals surface area contributed by atoms with E-state index in [1.807, 2.05) is 13.8 Å². The van der Waals surface area contributed by atoms with Gasteiger partial charge in [0.2, 0.25) is 0 Å². The van der Waals surface area contributed by atoms with E-state index in [4.69, 9.17) is 4.74 Å². The molecule has 0 N–H and O–H groups in total. The van der Waals surface area contributed by atoms with E-state index >= 15 is 0 Å². The molecule has 0 aliphatic heterocycles. The van der Waals surface area contributed by atoms with Gasteiger partial charge in [-0.2, -0.15) is 0 Å². The van der Waals surface area contributed by atoms with Crippen LogP contribution in [-0.4, -0.2) is 6.61 Å². The summed E-state index contributed by atoms with van der Waals surface area (Å²) in [5, 5.41) is 0. The monoisotopic (exact) mass is 342 g/mol. The molecule has 0 atom stereocenters. The fourth-order valence-electron chi connectivity index (χ4n) is 0.939. The maximum absolute atomic E-state index is 13.0. The molecule has 0 bridgehead atoms. The van der Waals surface area contributed by atoms with Gasteiger partial charge in [0.15, 0.2) is 0 Å². The van der Waals surface area contributed by atoms with Crippen molar-refractivity contribution in [3.05, 3.63) is 29.8 Å². The molecule has 1 nitrogen and oxygen atoms in total. The molecule has 1 rings (SSSR count). The second kappa shape index (κ2) is 9.06. The zero-order chi connectivity index (χ0) is 12.6. The van der Waals surface area contributed by atoms with E-state index < -0.39 is 11.6 Å².